The average molecular weight is 382 g/mol. The van der Waals surface area contributed by atoms with E-state index in [0.29, 0.717) is 10.2 Å². The topological polar surface area (TPSA) is 91.3 Å². The Morgan fingerprint density at radius 1 is 1.30 bits per heavy atom. The summed E-state index contributed by atoms with van der Waals surface area (Å²) in [5, 5.41) is 13.8. The number of urea groups is 1. The highest BCUT2D eigenvalue weighted by Gasteiger charge is 2.21. The maximum atomic E-state index is 13.7. The van der Waals surface area contributed by atoms with E-state index in [0.717, 1.165) is 0 Å². The van der Waals surface area contributed by atoms with Gasteiger partial charge in [0, 0.05) is 22.8 Å². The summed E-state index contributed by atoms with van der Waals surface area (Å²) in [6.07, 6.45) is 1.55. The zero-order valence-electron chi connectivity index (χ0n) is 11.8. The molecule has 1 aromatic heterocycles. The number of rotatable bonds is 5. The van der Waals surface area contributed by atoms with Crippen molar-refractivity contribution < 1.29 is 19.1 Å². The van der Waals surface area contributed by atoms with Gasteiger partial charge in [-0.3, -0.25) is 4.98 Å². The van der Waals surface area contributed by atoms with Crippen LogP contribution in [0.4, 0.5) is 14.9 Å². The standard InChI is InChI=1S/C15H13BrFN3O3/c16-9-4-5-12(11(17)7-9)19-15(23)20-13(14(21)22)8-10-3-1-2-6-18-10/h1-7,13H,8H2,(H,21,22)(H2,19,20,23)/t13-/m1/s1. The fourth-order valence-electron chi connectivity index (χ4n) is 1.84. The normalized spacial score (nSPS) is 11.6. The van der Waals surface area contributed by atoms with Crippen molar-refractivity contribution in [1.82, 2.24) is 10.3 Å². The monoisotopic (exact) mass is 381 g/mol. The average Bonchev–Trinajstić information content (AvgIpc) is 2.50. The molecule has 6 nitrogen and oxygen atoms in total. The van der Waals surface area contributed by atoms with Crippen LogP contribution in [0, 0.1) is 5.82 Å². The van der Waals surface area contributed by atoms with Gasteiger partial charge in [-0.2, -0.15) is 0 Å². The largest absolute Gasteiger partial charge is 0.480 e. The lowest BCUT2D eigenvalue weighted by atomic mass is 10.1. The van der Waals surface area contributed by atoms with Crippen LogP contribution in [0.2, 0.25) is 0 Å². The highest BCUT2D eigenvalue weighted by Crippen LogP contribution is 2.19. The van der Waals surface area contributed by atoms with Gasteiger partial charge in [-0.05, 0) is 30.3 Å². The predicted octanol–water partition coefficient (Wildman–Crippen LogP) is 2.80. The van der Waals surface area contributed by atoms with Crippen molar-refractivity contribution in [1.29, 1.82) is 0 Å². The molecule has 0 saturated heterocycles. The van der Waals surface area contributed by atoms with Crippen LogP contribution in [-0.2, 0) is 11.2 Å². The minimum Gasteiger partial charge on any atom is -0.480 e. The number of pyridine rings is 1. The van der Waals surface area contributed by atoms with Gasteiger partial charge in [-0.25, -0.2) is 14.0 Å². The molecule has 0 unspecified atom stereocenters. The smallest absolute Gasteiger partial charge is 0.326 e. The maximum Gasteiger partial charge on any atom is 0.326 e. The van der Waals surface area contributed by atoms with Crippen molar-refractivity contribution >= 4 is 33.6 Å². The van der Waals surface area contributed by atoms with Crippen LogP contribution in [0.15, 0.2) is 47.1 Å². The van der Waals surface area contributed by atoms with Gasteiger partial charge in [0.1, 0.15) is 11.9 Å². The number of aliphatic carboxylic acids is 1. The molecule has 0 aliphatic rings. The second kappa shape index (κ2) is 7.68. The summed E-state index contributed by atoms with van der Waals surface area (Å²) in [6, 6.07) is 7.21. The summed E-state index contributed by atoms with van der Waals surface area (Å²) >= 11 is 3.11. The molecule has 2 amide bonds. The van der Waals surface area contributed by atoms with E-state index in [1.165, 1.54) is 18.3 Å². The summed E-state index contributed by atoms with van der Waals surface area (Å²) in [6.45, 7) is 0. The first-order chi connectivity index (χ1) is 11.0. The zero-order chi connectivity index (χ0) is 16.8. The van der Waals surface area contributed by atoms with Crippen LogP contribution in [0.25, 0.3) is 0 Å². The number of carboxylic acids is 1. The van der Waals surface area contributed by atoms with E-state index >= 15 is 0 Å². The Morgan fingerprint density at radius 3 is 2.70 bits per heavy atom. The van der Waals surface area contributed by atoms with Gasteiger partial charge in [-0.1, -0.05) is 22.0 Å². The quantitative estimate of drug-likeness (QED) is 0.742. The van der Waals surface area contributed by atoms with E-state index in [4.69, 9.17) is 0 Å². The molecule has 1 atom stereocenters. The summed E-state index contributed by atoms with van der Waals surface area (Å²) < 4.78 is 14.2. The molecule has 0 saturated carbocycles. The number of anilines is 1. The van der Waals surface area contributed by atoms with Crippen LogP contribution in [0.1, 0.15) is 5.69 Å². The Morgan fingerprint density at radius 2 is 2.09 bits per heavy atom. The lowest BCUT2D eigenvalue weighted by molar-refractivity contribution is -0.139. The lowest BCUT2D eigenvalue weighted by Gasteiger charge is -2.15. The number of nitrogens with zero attached hydrogens (tertiary/aromatic N) is 1. The number of carbonyl (C=O) groups excluding carboxylic acids is 1. The molecule has 120 valence electrons. The highest BCUT2D eigenvalue weighted by molar-refractivity contribution is 9.10. The van der Waals surface area contributed by atoms with Crippen molar-refractivity contribution in [2.24, 2.45) is 0 Å². The number of aromatic nitrogens is 1. The molecule has 0 fully saturated rings. The molecule has 2 rings (SSSR count). The zero-order valence-corrected chi connectivity index (χ0v) is 13.4. The van der Waals surface area contributed by atoms with E-state index in [1.807, 2.05) is 0 Å². The third-order valence-electron chi connectivity index (χ3n) is 2.92. The first-order valence-electron chi connectivity index (χ1n) is 6.61. The van der Waals surface area contributed by atoms with Crippen molar-refractivity contribution in [2.45, 2.75) is 12.5 Å². The van der Waals surface area contributed by atoms with Gasteiger partial charge >= 0.3 is 12.0 Å². The molecular weight excluding hydrogens is 369 g/mol. The number of hydrogen-bond acceptors (Lipinski definition) is 3. The maximum absolute atomic E-state index is 13.7. The summed E-state index contributed by atoms with van der Waals surface area (Å²) in [5.41, 5.74) is 0.475. The summed E-state index contributed by atoms with van der Waals surface area (Å²) in [5.74, 6) is -1.84. The van der Waals surface area contributed by atoms with E-state index in [1.54, 1.807) is 24.3 Å². The van der Waals surface area contributed by atoms with Gasteiger partial charge in [0.05, 0.1) is 5.69 Å². The third kappa shape index (κ3) is 5.03. The lowest BCUT2D eigenvalue weighted by Crippen LogP contribution is -2.44. The molecule has 23 heavy (non-hydrogen) atoms. The molecule has 0 aliphatic heterocycles. The molecule has 0 spiro atoms. The van der Waals surface area contributed by atoms with Gasteiger partial charge < -0.3 is 15.7 Å². The second-order valence-electron chi connectivity index (χ2n) is 4.64. The Kier molecular flexibility index (Phi) is 5.64. The number of benzene rings is 1. The van der Waals surface area contributed by atoms with E-state index in [-0.39, 0.29) is 12.1 Å². The van der Waals surface area contributed by atoms with Gasteiger partial charge in [-0.15, -0.1) is 0 Å². The molecule has 1 heterocycles. The molecule has 2 aromatic rings. The second-order valence-corrected chi connectivity index (χ2v) is 5.55. The van der Waals surface area contributed by atoms with Crippen LogP contribution in [0.3, 0.4) is 0 Å². The Bertz CT molecular complexity index is 712. The number of carbonyl (C=O) groups is 2. The van der Waals surface area contributed by atoms with Crippen LogP contribution in [-0.4, -0.2) is 28.1 Å². The van der Waals surface area contributed by atoms with E-state index in [2.05, 4.69) is 31.5 Å². The van der Waals surface area contributed by atoms with Gasteiger partial charge in [0.2, 0.25) is 0 Å². The van der Waals surface area contributed by atoms with Crippen LogP contribution >= 0.6 is 15.9 Å². The minimum atomic E-state index is -1.21. The molecule has 0 bridgehead atoms. The fraction of sp³-hybridized carbons (Fsp3) is 0.133. The number of halogens is 2. The first-order valence-corrected chi connectivity index (χ1v) is 7.40. The van der Waals surface area contributed by atoms with Crippen molar-refractivity contribution in [3.63, 3.8) is 0 Å². The minimum absolute atomic E-state index is 0.0203. The number of carboxylic acid groups (broad SMARTS) is 1. The molecule has 3 N–H and O–H groups in total. The Balaban J connectivity index is 2.02. The molecular formula is C15H13BrFN3O3. The van der Waals surface area contributed by atoms with E-state index < -0.39 is 23.9 Å². The first kappa shape index (κ1) is 16.9. The molecule has 8 heteroatoms. The van der Waals surface area contributed by atoms with Gasteiger partial charge in [0.15, 0.2) is 0 Å². The molecule has 0 radical (unpaired) electrons. The number of amides is 2. The van der Waals surface area contributed by atoms with Crippen LogP contribution in [0.5, 0.6) is 0 Å². The van der Waals surface area contributed by atoms with Crippen molar-refractivity contribution in [2.75, 3.05) is 5.32 Å². The Labute approximate surface area is 139 Å². The van der Waals surface area contributed by atoms with Gasteiger partial charge in [0.25, 0.3) is 0 Å². The summed E-state index contributed by atoms with van der Waals surface area (Å²) in [7, 11) is 0. The third-order valence-corrected chi connectivity index (χ3v) is 3.42. The Hall–Kier alpha value is -2.48. The molecule has 1 aromatic carbocycles. The number of nitrogens with one attached hydrogen (secondary N) is 2. The predicted molar refractivity (Wildman–Crippen MR) is 85.6 cm³/mol. The van der Waals surface area contributed by atoms with E-state index in [9.17, 15) is 19.1 Å². The highest BCUT2D eigenvalue weighted by atomic mass is 79.9. The summed E-state index contributed by atoms with van der Waals surface area (Å²) in [4.78, 5) is 27.1. The van der Waals surface area contributed by atoms with Crippen molar-refractivity contribution in [3.8, 4) is 0 Å². The molecule has 0 aliphatic carbocycles. The fourth-order valence-corrected chi connectivity index (χ4v) is 2.17. The van der Waals surface area contributed by atoms with Crippen molar-refractivity contribution in [3.05, 3.63) is 58.6 Å². The van der Waals surface area contributed by atoms with Crippen LogP contribution < -0.4 is 10.6 Å². The number of hydrogen-bond donors (Lipinski definition) is 3. The SMILES string of the molecule is O=C(Nc1ccc(Br)cc1F)N[C@H](Cc1ccccn1)C(=O)O.